The zero-order valence-corrected chi connectivity index (χ0v) is 16.6. The minimum atomic E-state index is -0.220. The highest BCUT2D eigenvalue weighted by Gasteiger charge is 2.30. The number of H-pyrrole nitrogens is 1. The largest absolute Gasteiger partial charge is 0.356 e. The Kier molecular flexibility index (Phi) is 5.21. The number of nitrogens with one attached hydrogen (secondary N) is 2. The SMILES string of the molecule is C=CC(=O)NCc1ccccc1CC(=O)N1CCc2c([nH]c3ccccc23)C1C. The van der Waals surface area contributed by atoms with Gasteiger partial charge in [-0.25, -0.2) is 0 Å². The molecule has 2 heterocycles. The van der Waals surface area contributed by atoms with Gasteiger partial charge in [0.15, 0.2) is 0 Å². The third kappa shape index (κ3) is 3.68. The summed E-state index contributed by atoms with van der Waals surface area (Å²) >= 11 is 0. The van der Waals surface area contributed by atoms with Crippen molar-refractivity contribution in [2.75, 3.05) is 6.54 Å². The van der Waals surface area contributed by atoms with Gasteiger partial charge in [-0.15, -0.1) is 0 Å². The topological polar surface area (TPSA) is 65.2 Å². The minimum Gasteiger partial charge on any atom is -0.356 e. The van der Waals surface area contributed by atoms with Crippen LogP contribution in [0.4, 0.5) is 0 Å². The molecule has 0 spiro atoms. The van der Waals surface area contributed by atoms with E-state index in [2.05, 4.69) is 42.0 Å². The first-order valence-electron chi connectivity index (χ1n) is 9.94. The molecule has 0 radical (unpaired) electrons. The van der Waals surface area contributed by atoms with Gasteiger partial charge in [-0.2, -0.15) is 0 Å². The van der Waals surface area contributed by atoms with Crippen molar-refractivity contribution in [3.8, 4) is 0 Å². The fourth-order valence-corrected chi connectivity index (χ4v) is 4.19. The van der Waals surface area contributed by atoms with Crippen LogP contribution in [-0.4, -0.2) is 28.2 Å². The summed E-state index contributed by atoms with van der Waals surface area (Å²) in [4.78, 5) is 30.1. The van der Waals surface area contributed by atoms with Gasteiger partial charge in [0, 0.05) is 29.7 Å². The van der Waals surface area contributed by atoms with Crippen LogP contribution in [0.2, 0.25) is 0 Å². The fourth-order valence-electron chi connectivity index (χ4n) is 4.19. The Morgan fingerprint density at radius 3 is 2.69 bits per heavy atom. The highest BCUT2D eigenvalue weighted by molar-refractivity contribution is 5.87. The molecule has 0 saturated carbocycles. The first-order valence-corrected chi connectivity index (χ1v) is 9.94. The fraction of sp³-hybridized carbons (Fsp3) is 0.250. The third-order valence-electron chi connectivity index (χ3n) is 5.75. The zero-order chi connectivity index (χ0) is 20.4. The molecule has 0 fully saturated rings. The third-order valence-corrected chi connectivity index (χ3v) is 5.75. The molecule has 0 bridgehead atoms. The molecule has 4 rings (SSSR count). The lowest BCUT2D eigenvalue weighted by atomic mass is 9.97. The van der Waals surface area contributed by atoms with Crippen molar-refractivity contribution < 1.29 is 9.59 Å². The number of para-hydroxylation sites is 1. The average molecular weight is 387 g/mol. The first-order chi connectivity index (χ1) is 14.1. The molecule has 1 aliphatic rings. The quantitative estimate of drug-likeness (QED) is 0.656. The van der Waals surface area contributed by atoms with E-state index < -0.39 is 0 Å². The number of benzene rings is 2. The van der Waals surface area contributed by atoms with E-state index >= 15 is 0 Å². The van der Waals surface area contributed by atoms with Crippen molar-refractivity contribution >= 4 is 22.7 Å². The molecule has 5 nitrogen and oxygen atoms in total. The average Bonchev–Trinajstić information content (AvgIpc) is 3.13. The van der Waals surface area contributed by atoms with Gasteiger partial charge in [0.2, 0.25) is 11.8 Å². The number of aromatic amines is 1. The van der Waals surface area contributed by atoms with Crippen molar-refractivity contribution in [2.24, 2.45) is 0 Å². The van der Waals surface area contributed by atoms with Crippen molar-refractivity contribution in [1.82, 2.24) is 15.2 Å². The molecule has 148 valence electrons. The lowest BCUT2D eigenvalue weighted by molar-refractivity contribution is -0.133. The lowest BCUT2D eigenvalue weighted by Crippen LogP contribution is -2.39. The van der Waals surface area contributed by atoms with Gasteiger partial charge in [-0.05, 0) is 42.2 Å². The van der Waals surface area contributed by atoms with Gasteiger partial charge >= 0.3 is 0 Å². The minimum absolute atomic E-state index is 0.00582. The highest BCUT2D eigenvalue weighted by Crippen LogP contribution is 2.34. The van der Waals surface area contributed by atoms with E-state index in [1.165, 1.54) is 17.0 Å². The summed E-state index contributed by atoms with van der Waals surface area (Å²) in [5.41, 5.74) is 5.48. The number of amides is 2. The summed E-state index contributed by atoms with van der Waals surface area (Å²) in [6, 6.07) is 16.1. The smallest absolute Gasteiger partial charge is 0.243 e. The van der Waals surface area contributed by atoms with Crippen molar-refractivity contribution in [3.63, 3.8) is 0 Å². The van der Waals surface area contributed by atoms with Crippen LogP contribution in [0.5, 0.6) is 0 Å². The molecular weight excluding hydrogens is 362 g/mol. The summed E-state index contributed by atoms with van der Waals surface area (Å²) < 4.78 is 0. The Hall–Kier alpha value is -3.34. The van der Waals surface area contributed by atoms with Crippen molar-refractivity contribution in [1.29, 1.82) is 0 Å². The van der Waals surface area contributed by atoms with Gasteiger partial charge in [0.1, 0.15) is 0 Å². The maximum Gasteiger partial charge on any atom is 0.243 e. The summed E-state index contributed by atoms with van der Waals surface area (Å²) in [7, 11) is 0. The molecule has 1 aromatic heterocycles. The molecule has 1 aliphatic heterocycles. The van der Waals surface area contributed by atoms with Crippen LogP contribution in [-0.2, 0) is 29.0 Å². The van der Waals surface area contributed by atoms with Gasteiger partial charge < -0.3 is 15.2 Å². The molecular formula is C24H25N3O2. The maximum absolute atomic E-state index is 13.2. The van der Waals surface area contributed by atoms with E-state index in [9.17, 15) is 9.59 Å². The molecule has 2 aromatic carbocycles. The van der Waals surface area contributed by atoms with Gasteiger partial charge in [0.05, 0.1) is 12.5 Å². The van der Waals surface area contributed by atoms with E-state index in [1.807, 2.05) is 35.2 Å². The van der Waals surface area contributed by atoms with Crippen LogP contribution < -0.4 is 5.32 Å². The number of carbonyl (C=O) groups is 2. The Morgan fingerprint density at radius 2 is 1.90 bits per heavy atom. The van der Waals surface area contributed by atoms with E-state index in [-0.39, 0.29) is 17.9 Å². The van der Waals surface area contributed by atoms with Crippen LogP contribution in [0.15, 0.2) is 61.2 Å². The van der Waals surface area contributed by atoms with E-state index in [1.54, 1.807) is 0 Å². The Bertz CT molecular complexity index is 1080. The van der Waals surface area contributed by atoms with Crippen LogP contribution >= 0.6 is 0 Å². The first kappa shape index (κ1) is 19.0. The van der Waals surface area contributed by atoms with E-state index in [0.29, 0.717) is 19.5 Å². The number of hydrogen-bond acceptors (Lipinski definition) is 2. The Morgan fingerprint density at radius 1 is 1.17 bits per heavy atom. The second kappa shape index (κ2) is 7.95. The second-order valence-electron chi connectivity index (χ2n) is 7.44. The van der Waals surface area contributed by atoms with Gasteiger partial charge in [-0.1, -0.05) is 49.0 Å². The summed E-state index contributed by atoms with van der Waals surface area (Å²) in [6.45, 7) is 6.65. The van der Waals surface area contributed by atoms with Crippen molar-refractivity contribution in [2.45, 2.75) is 32.4 Å². The number of nitrogens with zero attached hydrogens (tertiary/aromatic N) is 1. The number of carbonyl (C=O) groups excluding carboxylic acids is 2. The zero-order valence-electron chi connectivity index (χ0n) is 16.6. The normalized spacial score (nSPS) is 15.8. The molecule has 2 amide bonds. The molecule has 1 unspecified atom stereocenters. The van der Waals surface area contributed by atoms with Crippen LogP contribution in [0, 0.1) is 0 Å². The predicted octanol–water partition coefficient (Wildman–Crippen LogP) is 3.66. The number of aromatic nitrogens is 1. The molecule has 29 heavy (non-hydrogen) atoms. The molecule has 5 heteroatoms. The van der Waals surface area contributed by atoms with E-state index in [0.717, 1.165) is 28.8 Å². The summed E-state index contributed by atoms with van der Waals surface area (Å²) in [5, 5.41) is 4.05. The summed E-state index contributed by atoms with van der Waals surface area (Å²) in [6.07, 6.45) is 2.42. The van der Waals surface area contributed by atoms with Crippen LogP contribution in [0.3, 0.4) is 0 Å². The highest BCUT2D eigenvalue weighted by atomic mass is 16.2. The number of hydrogen-bond donors (Lipinski definition) is 2. The molecule has 0 aliphatic carbocycles. The standard InChI is InChI=1S/C24H25N3O2/c1-3-22(28)25-15-18-9-5-4-8-17(18)14-23(29)27-13-12-20-19-10-6-7-11-21(19)26-24(20)16(27)2/h3-11,16,26H,1,12-15H2,2H3,(H,25,28). The molecule has 3 aromatic rings. The molecule has 0 saturated heterocycles. The Labute approximate surface area is 170 Å². The van der Waals surface area contributed by atoms with Crippen molar-refractivity contribution in [3.05, 3.63) is 83.6 Å². The molecule has 1 atom stereocenters. The van der Waals surface area contributed by atoms with Crippen LogP contribution in [0.1, 0.15) is 35.3 Å². The Balaban J connectivity index is 1.52. The number of fused-ring (bicyclic) bond motifs is 3. The number of rotatable bonds is 5. The second-order valence-corrected chi connectivity index (χ2v) is 7.44. The maximum atomic E-state index is 13.2. The van der Waals surface area contributed by atoms with E-state index in [4.69, 9.17) is 0 Å². The predicted molar refractivity (Wildman–Crippen MR) is 114 cm³/mol. The van der Waals surface area contributed by atoms with Gasteiger partial charge in [0.25, 0.3) is 0 Å². The van der Waals surface area contributed by atoms with Gasteiger partial charge in [-0.3, -0.25) is 9.59 Å². The van der Waals surface area contributed by atoms with Crippen LogP contribution in [0.25, 0.3) is 10.9 Å². The lowest BCUT2D eigenvalue weighted by Gasteiger charge is -2.34. The summed E-state index contributed by atoms with van der Waals surface area (Å²) in [5.74, 6) is -0.119. The monoisotopic (exact) mass is 387 g/mol. The molecule has 2 N–H and O–H groups in total.